The number of likely N-dealkylation sites (tertiary alicyclic amines) is 1. The summed E-state index contributed by atoms with van der Waals surface area (Å²) in [6.07, 6.45) is 4.22. The molecular weight excluding hydrogens is 376 g/mol. The van der Waals surface area contributed by atoms with Gasteiger partial charge in [-0.15, -0.1) is 0 Å². The van der Waals surface area contributed by atoms with E-state index in [2.05, 4.69) is 53.2 Å². The van der Waals surface area contributed by atoms with E-state index < -0.39 is 0 Å². The predicted octanol–water partition coefficient (Wildman–Crippen LogP) is 4.25. The zero-order valence-corrected chi connectivity index (χ0v) is 18.1. The summed E-state index contributed by atoms with van der Waals surface area (Å²) in [6.45, 7) is 4.66. The molecule has 0 N–H and O–H groups in total. The molecule has 0 bridgehead atoms. The lowest BCUT2D eigenvalue weighted by Gasteiger charge is -2.41. The van der Waals surface area contributed by atoms with E-state index in [-0.39, 0.29) is 0 Å². The van der Waals surface area contributed by atoms with E-state index in [0.717, 1.165) is 63.7 Å². The van der Waals surface area contributed by atoms with Gasteiger partial charge < -0.3 is 24.0 Å². The van der Waals surface area contributed by atoms with Crippen LogP contribution in [-0.4, -0.2) is 58.0 Å². The van der Waals surface area contributed by atoms with Gasteiger partial charge in [0.15, 0.2) is 11.5 Å². The fourth-order valence-corrected chi connectivity index (χ4v) is 5.17. The summed E-state index contributed by atoms with van der Waals surface area (Å²) in [5, 5.41) is 0. The molecule has 0 radical (unpaired) electrons. The smallest absolute Gasteiger partial charge is 0.163 e. The van der Waals surface area contributed by atoms with Crippen LogP contribution in [-0.2, 0) is 11.2 Å². The Morgan fingerprint density at radius 2 is 1.83 bits per heavy atom. The van der Waals surface area contributed by atoms with Crippen LogP contribution in [0.25, 0.3) is 0 Å². The van der Waals surface area contributed by atoms with Crippen LogP contribution in [0.1, 0.15) is 30.4 Å². The first kappa shape index (κ1) is 19.7. The molecule has 0 aliphatic carbocycles. The maximum absolute atomic E-state index is 6.35. The second-order valence-electron chi connectivity index (χ2n) is 8.88. The molecule has 2 aromatic carbocycles. The molecule has 3 aliphatic rings. The lowest BCUT2D eigenvalue weighted by molar-refractivity contribution is 0.0864. The van der Waals surface area contributed by atoms with Gasteiger partial charge in [-0.25, -0.2) is 0 Å². The third-order valence-electron chi connectivity index (χ3n) is 6.78. The van der Waals surface area contributed by atoms with Gasteiger partial charge in [-0.05, 0) is 56.1 Å². The van der Waals surface area contributed by atoms with Crippen LogP contribution in [0.5, 0.6) is 11.5 Å². The summed E-state index contributed by atoms with van der Waals surface area (Å²) >= 11 is 0. The van der Waals surface area contributed by atoms with Gasteiger partial charge in [0.05, 0.1) is 13.7 Å². The Kier molecular flexibility index (Phi) is 5.57. The quantitative estimate of drug-likeness (QED) is 0.739. The lowest BCUT2D eigenvalue weighted by Crippen LogP contribution is -2.38. The Morgan fingerprint density at radius 3 is 2.60 bits per heavy atom. The van der Waals surface area contributed by atoms with E-state index in [1.54, 1.807) is 7.11 Å². The molecule has 160 valence electrons. The predicted molar refractivity (Wildman–Crippen MR) is 119 cm³/mol. The molecule has 5 heteroatoms. The van der Waals surface area contributed by atoms with Gasteiger partial charge in [-0.2, -0.15) is 0 Å². The van der Waals surface area contributed by atoms with Crippen LogP contribution in [0.4, 0.5) is 11.4 Å². The van der Waals surface area contributed by atoms with Crippen molar-refractivity contribution in [3.63, 3.8) is 0 Å². The summed E-state index contributed by atoms with van der Waals surface area (Å²) in [5.41, 5.74) is 5.27. The Hall–Kier alpha value is -2.24. The van der Waals surface area contributed by atoms with Gasteiger partial charge in [0.25, 0.3) is 0 Å². The Morgan fingerprint density at radius 1 is 1.00 bits per heavy atom. The van der Waals surface area contributed by atoms with Crippen molar-refractivity contribution in [2.75, 3.05) is 52.0 Å². The molecule has 2 saturated heterocycles. The zero-order valence-electron chi connectivity index (χ0n) is 18.1. The molecule has 0 spiro atoms. The fourth-order valence-electron chi connectivity index (χ4n) is 5.17. The molecule has 0 amide bonds. The highest BCUT2D eigenvalue weighted by Crippen LogP contribution is 2.46. The Labute approximate surface area is 179 Å². The normalized spacial score (nSPS) is 21.9. The van der Waals surface area contributed by atoms with Crippen LogP contribution in [0.2, 0.25) is 0 Å². The number of ether oxygens (including phenoxy) is 3. The molecule has 2 fully saturated rings. The van der Waals surface area contributed by atoms with E-state index in [1.165, 1.54) is 28.9 Å². The van der Waals surface area contributed by atoms with Crippen molar-refractivity contribution in [1.82, 2.24) is 4.90 Å². The highest BCUT2D eigenvalue weighted by atomic mass is 16.5. The number of benzene rings is 2. The van der Waals surface area contributed by atoms with Gasteiger partial charge in [0.1, 0.15) is 0 Å². The van der Waals surface area contributed by atoms with Gasteiger partial charge >= 0.3 is 0 Å². The minimum Gasteiger partial charge on any atom is -0.493 e. The third-order valence-corrected chi connectivity index (χ3v) is 6.78. The first-order chi connectivity index (χ1) is 14.7. The van der Waals surface area contributed by atoms with Crippen molar-refractivity contribution in [1.29, 1.82) is 0 Å². The molecule has 30 heavy (non-hydrogen) atoms. The summed E-state index contributed by atoms with van der Waals surface area (Å²) in [5.74, 6) is 2.29. The minimum absolute atomic E-state index is 0.448. The average Bonchev–Trinajstić information content (AvgIpc) is 3.21. The number of methoxy groups -OCH3 is 1. The van der Waals surface area contributed by atoms with Gasteiger partial charge in [-0.1, -0.05) is 18.2 Å². The molecule has 5 rings (SSSR count). The third kappa shape index (κ3) is 3.77. The van der Waals surface area contributed by atoms with Crippen molar-refractivity contribution >= 4 is 11.4 Å². The van der Waals surface area contributed by atoms with E-state index >= 15 is 0 Å². The fraction of sp³-hybridized carbons (Fsp3) is 0.520. The second-order valence-corrected chi connectivity index (χ2v) is 8.88. The number of nitrogens with zero attached hydrogens (tertiary/aromatic N) is 2. The Balaban J connectivity index is 1.49. The largest absolute Gasteiger partial charge is 0.493 e. The molecule has 1 atom stereocenters. The highest BCUT2D eigenvalue weighted by molar-refractivity contribution is 5.77. The number of fused-ring (bicyclic) bond motifs is 2. The molecule has 1 unspecified atom stereocenters. The molecule has 3 heterocycles. The summed E-state index contributed by atoms with van der Waals surface area (Å²) < 4.78 is 17.7. The standard InChI is InChI=1S/C25H32N2O3/c1-26-10-7-18(16-26)17-30-25-15-23-20(14-24(25)28-2)13-19-5-3-4-6-22(19)27(23)21-8-11-29-12-9-21/h3-6,14-15,18,21H,7-13,16-17H2,1-2H3. The molecule has 5 nitrogen and oxygen atoms in total. The van der Waals surface area contributed by atoms with E-state index in [4.69, 9.17) is 14.2 Å². The highest BCUT2D eigenvalue weighted by Gasteiger charge is 2.31. The molecular formula is C25H32N2O3. The van der Waals surface area contributed by atoms with Crippen LogP contribution >= 0.6 is 0 Å². The molecule has 2 aromatic rings. The number of rotatable bonds is 5. The average molecular weight is 409 g/mol. The van der Waals surface area contributed by atoms with Crippen molar-refractivity contribution in [2.24, 2.45) is 5.92 Å². The van der Waals surface area contributed by atoms with Crippen LogP contribution in [0.3, 0.4) is 0 Å². The maximum atomic E-state index is 6.35. The maximum Gasteiger partial charge on any atom is 0.163 e. The van der Waals surface area contributed by atoms with Gasteiger partial charge in [-0.3, -0.25) is 0 Å². The van der Waals surface area contributed by atoms with Crippen molar-refractivity contribution in [2.45, 2.75) is 31.7 Å². The second kappa shape index (κ2) is 8.48. The van der Waals surface area contributed by atoms with E-state index in [0.29, 0.717) is 12.0 Å². The van der Waals surface area contributed by atoms with Gasteiger partial charge in [0.2, 0.25) is 0 Å². The van der Waals surface area contributed by atoms with Crippen molar-refractivity contribution < 1.29 is 14.2 Å². The number of para-hydroxylation sites is 1. The van der Waals surface area contributed by atoms with Crippen LogP contribution in [0.15, 0.2) is 36.4 Å². The number of hydrogen-bond donors (Lipinski definition) is 0. The lowest BCUT2D eigenvalue weighted by atomic mass is 9.92. The van der Waals surface area contributed by atoms with Crippen LogP contribution in [0, 0.1) is 5.92 Å². The first-order valence-corrected chi connectivity index (χ1v) is 11.2. The molecule has 3 aliphatic heterocycles. The zero-order chi connectivity index (χ0) is 20.5. The Bertz CT molecular complexity index is 894. The monoisotopic (exact) mass is 408 g/mol. The summed E-state index contributed by atoms with van der Waals surface area (Å²) in [4.78, 5) is 4.91. The number of anilines is 2. The topological polar surface area (TPSA) is 34.2 Å². The van der Waals surface area contributed by atoms with Crippen molar-refractivity contribution in [3.8, 4) is 11.5 Å². The SMILES string of the molecule is COc1cc2c(cc1OCC1CCN(C)C1)N(C1CCOCC1)c1ccccc1C2. The van der Waals surface area contributed by atoms with Crippen LogP contribution < -0.4 is 14.4 Å². The summed E-state index contributed by atoms with van der Waals surface area (Å²) in [7, 11) is 3.92. The van der Waals surface area contributed by atoms with Crippen molar-refractivity contribution in [3.05, 3.63) is 47.5 Å². The van der Waals surface area contributed by atoms with E-state index in [9.17, 15) is 0 Å². The molecule has 0 saturated carbocycles. The molecule has 0 aromatic heterocycles. The number of hydrogen-bond acceptors (Lipinski definition) is 5. The minimum atomic E-state index is 0.448. The summed E-state index contributed by atoms with van der Waals surface area (Å²) in [6, 6.07) is 13.6. The van der Waals surface area contributed by atoms with Gasteiger partial charge in [0, 0.05) is 55.6 Å². The van der Waals surface area contributed by atoms with E-state index in [1.807, 2.05) is 0 Å². The first-order valence-electron chi connectivity index (χ1n) is 11.2.